The zero-order valence-corrected chi connectivity index (χ0v) is 17.0. The highest BCUT2D eigenvalue weighted by Gasteiger charge is 2.25. The number of nitrogens with zero attached hydrogens (tertiary/aromatic N) is 1. The molecule has 4 N–H and O–H groups in total. The number of amides is 2. The first-order valence-electron chi connectivity index (χ1n) is 9.80. The minimum atomic E-state index is -0.894. The third-order valence-electron chi connectivity index (χ3n) is 4.55. The van der Waals surface area contributed by atoms with Crippen molar-refractivity contribution in [2.24, 2.45) is 5.73 Å². The number of benzene rings is 2. The van der Waals surface area contributed by atoms with Crippen LogP contribution in [0, 0.1) is 0 Å². The van der Waals surface area contributed by atoms with E-state index in [1.165, 1.54) is 0 Å². The summed E-state index contributed by atoms with van der Waals surface area (Å²) in [6.07, 6.45) is 2.01. The summed E-state index contributed by atoms with van der Waals surface area (Å²) in [6.45, 7) is 4.98. The molecule has 1 heterocycles. The van der Waals surface area contributed by atoms with Crippen molar-refractivity contribution in [3.8, 4) is 17.4 Å². The Morgan fingerprint density at radius 1 is 1.07 bits per heavy atom. The van der Waals surface area contributed by atoms with Gasteiger partial charge < -0.3 is 25.6 Å². The van der Waals surface area contributed by atoms with Gasteiger partial charge in [-0.2, -0.15) is 0 Å². The highest BCUT2D eigenvalue weighted by atomic mass is 16.5. The zero-order chi connectivity index (χ0) is 21.7. The van der Waals surface area contributed by atoms with Crippen LogP contribution in [0.2, 0.25) is 0 Å². The zero-order valence-electron chi connectivity index (χ0n) is 17.0. The molecule has 0 bridgehead atoms. The fourth-order valence-corrected chi connectivity index (χ4v) is 3.12. The van der Waals surface area contributed by atoms with Crippen LogP contribution in [0.5, 0.6) is 17.4 Å². The molecule has 0 saturated carbocycles. The quantitative estimate of drug-likeness (QED) is 0.483. The van der Waals surface area contributed by atoms with Gasteiger partial charge in [0.2, 0.25) is 5.88 Å². The number of carbonyl (C=O) groups excluding carboxylic acids is 2. The maximum Gasteiger partial charge on any atom is 0.326 e. The molecule has 0 fully saturated rings. The fourth-order valence-electron chi connectivity index (χ4n) is 3.12. The maximum absolute atomic E-state index is 12.9. The molecular formula is C22H25N3O5. The Labute approximate surface area is 174 Å². The van der Waals surface area contributed by atoms with E-state index in [0.717, 1.165) is 17.4 Å². The number of nitrogens with one attached hydrogen (secondary N) is 1. The van der Waals surface area contributed by atoms with Gasteiger partial charge >= 0.3 is 6.03 Å². The second-order valence-electron chi connectivity index (χ2n) is 6.66. The third kappa shape index (κ3) is 4.32. The second kappa shape index (κ2) is 9.21. The SMILES string of the molecule is CCCCOc1ccc(NC(=O)c2c(O)n(C(N)=O)c3ccc(OCC)cc23)cc1. The first-order valence-corrected chi connectivity index (χ1v) is 9.80. The number of unbranched alkanes of at least 4 members (excludes halogenated alkanes) is 1. The Morgan fingerprint density at radius 2 is 1.77 bits per heavy atom. The number of hydrogen-bond donors (Lipinski definition) is 3. The van der Waals surface area contributed by atoms with E-state index in [-0.39, 0.29) is 5.56 Å². The van der Waals surface area contributed by atoms with Crippen molar-refractivity contribution in [2.75, 3.05) is 18.5 Å². The van der Waals surface area contributed by atoms with E-state index in [1.807, 2.05) is 6.92 Å². The molecule has 0 spiro atoms. The van der Waals surface area contributed by atoms with Gasteiger partial charge in [0.15, 0.2) is 0 Å². The molecule has 0 saturated heterocycles. The molecule has 0 aliphatic rings. The number of nitrogens with two attached hydrogens (primary N) is 1. The molecule has 8 heteroatoms. The molecular weight excluding hydrogens is 386 g/mol. The lowest BCUT2D eigenvalue weighted by Crippen LogP contribution is -2.19. The number of aromatic hydroxyl groups is 1. The molecule has 0 aliphatic heterocycles. The summed E-state index contributed by atoms with van der Waals surface area (Å²) in [4.78, 5) is 24.8. The van der Waals surface area contributed by atoms with Crippen molar-refractivity contribution in [1.82, 2.24) is 4.57 Å². The van der Waals surface area contributed by atoms with Crippen LogP contribution >= 0.6 is 0 Å². The smallest absolute Gasteiger partial charge is 0.326 e. The summed E-state index contributed by atoms with van der Waals surface area (Å²) in [7, 11) is 0. The molecule has 3 aromatic rings. The van der Waals surface area contributed by atoms with E-state index >= 15 is 0 Å². The minimum absolute atomic E-state index is 0.0615. The lowest BCUT2D eigenvalue weighted by molar-refractivity contribution is 0.102. The number of ether oxygens (including phenoxy) is 2. The van der Waals surface area contributed by atoms with Crippen molar-refractivity contribution in [1.29, 1.82) is 0 Å². The Balaban J connectivity index is 1.91. The van der Waals surface area contributed by atoms with E-state index in [4.69, 9.17) is 15.2 Å². The highest BCUT2D eigenvalue weighted by molar-refractivity contribution is 6.17. The van der Waals surface area contributed by atoms with Gasteiger partial charge in [0.1, 0.15) is 17.1 Å². The number of rotatable bonds is 8. The van der Waals surface area contributed by atoms with Crippen LogP contribution in [0.3, 0.4) is 0 Å². The lowest BCUT2D eigenvalue weighted by atomic mass is 10.1. The van der Waals surface area contributed by atoms with Crippen LogP contribution in [0.25, 0.3) is 10.9 Å². The lowest BCUT2D eigenvalue weighted by Gasteiger charge is -2.08. The summed E-state index contributed by atoms with van der Waals surface area (Å²) >= 11 is 0. The molecule has 0 atom stereocenters. The average molecular weight is 411 g/mol. The molecule has 158 valence electrons. The maximum atomic E-state index is 12.9. The fraction of sp³-hybridized carbons (Fsp3) is 0.273. The summed E-state index contributed by atoms with van der Waals surface area (Å²) in [5.41, 5.74) is 6.17. The van der Waals surface area contributed by atoms with Crippen LogP contribution in [-0.4, -0.2) is 34.8 Å². The Kier molecular flexibility index (Phi) is 6.46. The van der Waals surface area contributed by atoms with Crippen LogP contribution in [0.4, 0.5) is 10.5 Å². The van der Waals surface area contributed by atoms with Crippen molar-refractivity contribution in [3.05, 3.63) is 48.0 Å². The average Bonchev–Trinajstić information content (AvgIpc) is 3.01. The molecule has 2 aromatic carbocycles. The van der Waals surface area contributed by atoms with Crippen molar-refractivity contribution in [3.63, 3.8) is 0 Å². The summed E-state index contributed by atoms with van der Waals surface area (Å²) in [6, 6.07) is 10.8. The van der Waals surface area contributed by atoms with Gasteiger partial charge in [-0.1, -0.05) is 13.3 Å². The van der Waals surface area contributed by atoms with Gasteiger partial charge in [0.25, 0.3) is 5.91 Å². The van der Waals surface area contributed by atoms with E-state index in [0.29, 0.717) is 41.3 Å². The van der Waals surface area contributed by atoms with E-state index in [2.05, 4.69) is 12.2 Å². The molecule has 3 rings (SSSR count). The van der Waals surface area contributed by atoms with Gasteiger partial charge in [0.05, 0.1) is 18.7 Å². The first-order chi connectivity index (χ1) is 14.5. The van der Waals surface area contributed by atoms with E-state index < -0.39 is 17.8 Å². The van der Waals surface area contributed by atoms with Crippen molar-refractivity contribution >= 4 is 28.5 Å². The largest absolute Gasteiger partial charge is 0.494 e. The van der Waals surface area contributed by atoms with Gasteiger partial charge in [-0.05, 0) is 55.8 Å². The molecule has 0 radical (unpaired) electrons. The summed E-state index contributed by atoms with van der Waals surface area (Å²) < 4.78 is 12.0. The van der Waals surface area contributed by atoms with Gasteiger partial charge in [-0.3, -0.25) is 4.79 Å². The predicted molar refractivity (Wildman–Crippen MR) is 115 cm³/mol. The standard InChI is InChI=1S/C22H25N3O5/c1-3-5-12-30-15-8-6-14(7-9-15)24-20(26)19-17-13-16(29-4-2)10-11-18(17)25(21(19)27)22(23)28/h6-11,13,27H,3-5,12H2,1-2H3,(H2,23,28)(H,24,26). The van der Waals surface area contributed by atoms with E-state index in [9.17, 15) is 14.7 Å². The predicted octanol–water partition coefficient (Wildman–Crippen LogP) is 4.10. The summed E-state index contributed by atoms with van der Waals surface area (Å²) in [5.74, 6) is 0.110. The van der Waals surface area contributed by atoms with Gasteiger partial charge in [-0.15, -0.1) is 0 Å². The van der Waals surface area contributed by atoms with Gasteiger partial charge in [0, 0.05) is 11.1 Å². The van der Waals surface area contributed by atoms with Crippen molar-refractivity contribution < 1.29 is 24.2 Å². The third-order valence-corrected chi connectivity index (χ3v) is 4.55. The van der Waals surface area contributed by atoms with Crippen LogP contribution in [0.15, 0.2) is 42.5 Å². The first kappa shape index (κ1) is 21.0. The monoisotopic (exact) mass is 411 g/mol. The Bertz CT molecular complexity index is 1060. The molecule has 0 aliphatic carbocycles. The molecule has 30 heavy (non-hydrogen) atoms. The van der Waals surface area contributed by atoms with Crippen LogP contribution < -0.4 is 20.5 Å². The number of hydrogen-bond acceptors (Lipinski definition) is 5. The van der Waals surface area contributed by atoms with E-state index in [1.54, 1.807) is 42.5 Å². The number of aromatic nitrogens is 1. The summed E-state index contributed by atoms with van der Waals surface area (Å²) in [5, 5.41) is 13.6. The molecule has 0 unspecified atom stereocenters. The van der Waals surface area contributed by atoms with Crippen molar-refractivity contribution in [2.45, 2.75) is 26.7 Å². The van der Waals surface area contributed by atoms with Crippen LogP contribution in [0.1, 0.15) is 37.0 Å². The molecule has 8 nitrogen and oxygen atoms in total. The number of primary amides is 1. The number of fused-ring (bicyclic) bond motifs is 1. The normalized spacial score (nSPS) is 10.7. The Hall–Kier alpha value is -3.68. The van der Waals surface area contributed by atoms with Gasteiger partial charge in [-0.25, -0.2) is 9.36 Å². The number of anilines is 1. The topological polar surface area (TPSA) is 116 Å². The second-order valence-corrected chi connectivity index (χ2v) is 6.66. The number of carbonyl (C=O) groups is 2. The molecule has 1 aromatic heterocycles. The minimum Gasteiger partial charge on any atom is -0.494 e. The highest BCUT2D eigenvalue weighted by Crippen LogP contribution is 2.34. The van der Waals surface area contributed by atoms with Crippen LogP contribution in [-0.2, 0) is 0 Å². The molecule has 2 amide bonds. The Morgan fingerprint density at radius 3 is 2.40 bits per heavy atom.